The molecule has 0 aromatic heterocycles. The molecule has 2 atom stereocenters. The Balaban J connectivity index is 1.83. The van der Waals surface area contributed by atoms with Crippen molar-refractivity contribution < 1.29 is 22.3 Å². The van der Waals surface area contributed by atoms with Crippen LogP contribution in [0.5, 0.6) is 0 Å². The summed E-state index contributed by atoms with van der Waals surface area (Å²) in [6.07, 6.45) is 0. The van der Waals surface area contributed by atoms with E-state index in [-0.39, 0.29) is 42.3 Å². The topological polar surface area (TPSA) is 60.9 Å². The van der Waals surface area contributed by atoms with Gasteiger partial charge in [-0.1, -0.05) is 17.7 Å². The van der Waals surface area contributed by atoms with E-state index in [9.17, 15) is 17.2 Å². The minimum atomic E-state index is -3.18. The predicted molar refractivity (Wildman–Crippen MR) is 86.7 cm³/mol. The lowest BCUT2D eigenvalue weighted by Crippen LogP contribution is -2.59. The highest BCUT2D eigenvalue weighted by atomic mass is 35.5. The molecule has 0 unspecified atom stereocenters. The van der Waals surface area contributed by atoms with Crippen LogP contribution in [0.3, 0.4) is 0 Å². The molecule has 3 rings (SSSR count). The predicted octanol–water partition coefficient (Wildman–Crippen LogP) is 0.894. The minimum Gasteiger partial charge on any atom is -0.395 e. The van der Waals surface area contributed by atoms with Gasteiger partial charge in [-0.15, -0.1) is 0 Å². The molecule has 2 aliphatic rings. The lowest BCUT2D eigenvalue weighted by molar-refractivity contribution is 0.0302. The molecule has 0 spiro atoms. The first-order chi connectivity index (χ1) is 11.3. The fourth-order valence-electron chi connectivity index (χ4n) is 3.61. The molecule has 24 heavy (non-hydrogen) atoms. The molecule has 2 heterocycles. The second-order valence-electron chi connectivity index (χ2n) is 6.28. The lowest BCUT2D eigenvalue weighted by Gasteiger charge is -2.43. The summed E-state index contributed by atoms with van der Waals surface area (Å²) in [5.74, 6) is -1.56. The van der Waals surface area contributed by atoms with E-state index >= 15 is 0 Å². The van der Waals surface area contributed by atoms with Crippen LogP contribution in [0.25, 0.3) is 0 Å². The molecule has 134 valence electrons. The molecule has 1 aromatic rings. The number of hydrogen-bond acceptors (Lipinski definition) is 5. The number of rotatable bonds is 4. The standard InChI is InChI=1S/C15H19ClF2N2O3S/c16-14-11(17)2-1-10(15(14)18)7-20-4-3-19(5-6-21)12-8-24(22,23)9-13(12)20/h1-2,12-13,21H,3-9H2/t12-,13+/m0/s1. The maximum absolute atomic E-state index is 14.2. The number of sulfone groups is 1. The maximum atomic E-state index is 14.2. The van der Waals surface area contributed by atoms with Gasteiger partial charge in [0.25, 0.3) is 0 Å². The van der Waals surface area contributed by atoms with Crippen LogP contribution in [0.4, 0.5) is 8.78 Å². The highest BCUT2D eigenvalue weighted by molar-refractivity contribution is 7.91. The van der Waals surface area contributed by atoms with Crippen molar-refractivity contribution in [1.29, 1.82) is 0 Å². The molecule has 0 amide bonds. The zero-order chi connectivity index (χ0) is 17.5. The van der Waals surface area contributed by atoms with E-state index in [1.807, 2.05) is 9.80 Å². The average molecular weight is 381 g/mol. The molecule has 0 aliphatic carbocycles. The number of aliphatic hydroxyl groups is 1. The quantitative estimate of drug-likeness (QED) is 0.786. The Bertz CT molecular complexity index is 732. The van der Waals surface area contributed by atoms with Crippen molar-refractivity contribution in [3.63, 3.8) is 0 Å². The van der Waals surface area contributed by atoms with Crippen molar-refractivity contribution in [3.8, 4) is 0 Å². The molecular formula is C15H19ClF2N2O3S. The number of halogens is 3. The van der Waals surface area contributed by atoms with Gasteiger partial charge >= 0.3 is 0 Å². The number of benzene rings is 1. The van der Waals surface area contributed by atoms with E-state index in [1.54, 1.807) is 0 Å². The van der Waals surface area contributed by atoms with Crippen LogP contribution in [0, 0.1) is 11.6 Å². The Morgan fingerprint density at radius 3 is 2.46 bits per heavy atom. The van der Waals surface area contributed by atoms with Gasteiger partial charge in [0.1, 0.15) is 16.7 Å². The van der Waals surface area contributed by atoms with Crippen molar-refractivity contribution in [2.24, 2.45) is 0 Å². The van der Waals surface area contributed by atoms with Crippen LogP contribution >= 0.6 is 11.6 Å². The summed E-state index contributed by atoms with van der Waals surface area (Å²) < 4.78 is 51.5. The summed E-state index contributed by atoms with van der Waals surface area (Å²) in [6.45, 7) is 1.70. The summed E-state index contributed by atoms with van der Waals surface area (Å²) in [5.41, 5.74) is 0.250. The van der Waals surface area contributed by atoms with E-state index in [4.69, 9.17) is 16.7 Å². The van der Waals surface area contributed by atoms with Gasteiger partial charge in [0.05, 0.1) is 18.1 Å². The molecule has 2 saturated heterocycles. The van der Waals surface area contributed by atoms with Crippen LogP contribution in [0.2, 0.25) is 5.02 Å². The van der Waals surface area contributed by atoms with E-state index < -0.39 is 26.5 Å². The Hall–Kier alpha value is -0.800. The molecule has 9 heteroatoms. The molecule has 0 radical (unpaired) electrons. The highest BCUT2D eigenvalue weighted by Crippen LogP contribution is 2.29. The van der Waals surface area contributed by atoms with E-state index in [2.05, 4.69) is 0 Å². The van der Waals surface area contributed by atoms with Crippen molar-refractivity contribution >= 4 is 21.4 Å². The molecule has 0 saturated carbocycles. The molecule has 1 aromatic carbocycles. The largest absolute Gasteiger partial charge is 0.395 e. The van der Waals surface area contributed by atoms with Crippen LogP contribution in [0.1, 0.15) is 5.56 Å². The lowest BCUT2D eigenvalue weighted by atomic mass is 10.0. The van der Waals surface area contributed by atoms with Crippen molar-refractivity contribution in [3.05, 3.63) is 34.4 Å². The van der Waals surface area contributed by atoms with E-state index in [1.165, 1.54) is 6.07 Å². The fourth-order valence-corrected chi connectivity index (χ4v) is 5.83. The average Bonchev–Trinajstić information content (AvgIpc) is 2.86. The summed E-state index contributed by atoms with van der Waals surface area (Å²) >= 11 is 5.62. The van der Waals surface area contributed by atoms with Gasteiger partial charge in [0.15, 0.2) is 9.84 Å². The summed E-state index contributed by atoms with van der Waals surface area (Å²) in [7, 11) is -3.18. The number of β-amino-alcohol motifs (C(OH)–C–C–N with tert-alkyl or cyclic N) is 1. The fraction of sp³-hybridized carbons (Fsp3) is 0.600. The van der Waals surface area contributed by atoms with Crippen LogP contribution in [0.15, 0.2) is 12.1 Å². The van der Waals surface area contributed by atoms with E-state index in [0.29, 0.717) is 19.6 Å². The third-order valence-corrected chi connectivity index (χ3v) is 6.83. The zero-order valence-electron chi connectivity index (χ0n) is 13.0. The summed E-state index contributed by atoms with van der Waals surface area (Å²) in [6, 6.07) is 1.98. The van der Waals surface area contributed by atoms with Crippen molar-refractivity contribution in [2.45, 2.75) is 18.6 Å². The van der Waals surface area contributed by atoms with Crippen molar-refractivity contribution in [2.75, 3.05) is 37.7 Å². The molecule has 5 nitrogen and oxygen atoms in total. The second kappa shape index (κ2) is 6.84. The number of aliphatic hydroxyl groups excluding tert-OH is 1. The van der Waals surface area contributed by atoms with Gasteiger partial charge in [0.2, 0.25) is 0 Å². The first-order valence-electron chi connectivity index (χ1n) is 7.74. The third-order valence-electron chi connectivity index (χ3n) is 4.78. The molecular weight excluding hydrogens is 362 g/mol. The first-order valence-corrected chi connectivity index (χ1v) is 9.94. The Kier molecular flexibility index (Phi) is 5.13. The van der Waals surface area contributed by atoms with Gasteiger partial charge in [0, 0.05) is 43.8 Å². The Morgan fingerprint density at radius 1 is 1.17 bits per heavy atom. The molecule has 2 aliphatic heterocycles. The van der Waals surface area contributed by atoms with Gasteiger partial charge in [-0.2, -0.15) is 0 Å². The number of hydrogen-bond donors (Lipinski definition) is 1. The summed E-state index contributed by atoms with van der Waals surface area (Å²) in [4.78, 5) is 3.88. The van der Waals surface area contributed by atoms with Gasteiger partial charge < -0.3 is 5.11 Å². The molecule has 1 N–H and O–H groups in total. The monoisotopic (exact) mass is 380 g/mol. The second-order valence-corrected chi connectivity index (χ2v) is 8.81. The number of nitrogens with zero attached hydrogens (tertiary/aromatic N) is 2. The molecule has 0 bridgehead atoms. The SMILES string of the molecule is O=S1(=O)C[C@@H]2[C@H](C1)N(CCO)CCN2Cc1ccc(F)c(Cl)c1F. The van der Waals surface area contributed by atoms with Gasteiger partial charge in [-0.3, -0.25) is 9.80 Å². The van der Waals surface area contributed by atoms with Crippen LogP contribution in [-0.2, 0) is 16.4 Å². The number of piperazine rings is 1. The first kappa shape index (κ1) is 18.0. The minimum absolute atomic E-state index is 0.0101. The Morgan fingerprint density at radius 2 is 1.79 bits per heavy atom. The van der Waals surface area contributed by atoms with Gasteiger partial charge in [-0.25, -0.2) is 17.2 Å². The highest BCUT2D eigenvalue weighted by Gasteiger charge is 2.46. The van der Waals surface area contributed by atoms with Crippen molar-refractivity contribution in [1.82, 2.24) is 9.80 Å². The smallest absolute Gasteiger partial charge is 0.153 e. The van der Waals surface area contributed by atoms with Crippen LogP contribution in [-0.4, -0.2) is 73.2 Å². The Labute approximate surface area is 144 Å². The summed E-state index contributed by atoms with van der Waals surface area (Å²) in [5, 5.41) is 8.62. The molecule has 2 fully saturated rings. The van der Waals surface area contributed by atoms with E-state index in [0.717, 1.165) is 6.07 Å². The number of fused-ring (bicyclic) bond motifs is 1. The zero-order valence-corrected chi connectivity index (χ0v) is 14.5. The maximum Gasteiger partial charge on any atom is 0.153 e. The third kappa shape index (κ3) is 3.43. The normalized spacial score (nSPS) is 27.3. The van der Waals surface area contributed by atoms with Gasteiger partial charge in [-0.05, 0) is 6.07 Å². The van der Waals surface area contributed by atoms with Crippen LogP contribution < -0.4 is 0 Å².